The van der Waals surface area contributed by atoms with Crippen LogP contribution in [0.3, 0.4) is 0 Å². The van der Waals surface area contributed by atoms with Gasteiger partial charge in [-0.2, -0.15) is 0 Å². The Kier molecular flexibility index (Phi) is 10.9. The van der Waals surface area contributed by atoms with E-state index in [2.05, 4.69) is 16.0 Å². The number of ketones is 1. The van der Waals surface area contributed by atoms with Gasteiger partial charge in [-0.25, -0.2) is 9.59 Å². The normalized spacial score (nSPS) is 18.2. The summed E-state index contributed by atoms with van der Waals surface area (Å²) in [5, 5.41) is 26.4. The van der Waals surface area contributed by atoms with Crippen molar-refractivity contribution in [2.75, 3.05) is 0 Å². The molecule has 1 aliphatic rings. The second-order valence-electron chi connectivity index (χ2n) is 9.80. The molecule has 0 bridgehead atoms. The average Bonchev–Trinajstić information content (AvgIpc) is 2.92. The van der Waals surface area contributed by atoms with E-state index in [-0.39, 0.29) is 50.7 Å². The Morgan fingerprint density at radius 1 is 0.750 bits per heavy atom. The molecule has 1 heterocycles. The van der Waals surface area contributed by atoms with Crippen LogP contribution in [0.2, 0.25) is 0 Å². The van der Waals surface area contributed by atoms with Gasteiger partial charge in [0.05, 0.1) is 6.04 Å². The molecule has 2 aromatic rings. The van der Waals surface area contributed by atoms with E-state index in [1.54, 1.807) is 60.7 Å². The summed E-state index contributed by atoms with van der Waals surface area (Å²) in [6, 6.07) is 14.6. The number of nitrogens with one attached hydrogen (secondary N) is 3. The van der Waals surface area contributed by atoms with Crippen molar-refractivity contribution >= 4 is 35.4 Å². The van der Waals surface area contributed by atoms with Crippen LogP contribution in [0.5, 0.6) is 0 Å². The third kappa shape index (κ3) is 9.33. The van der Waals surface area contributed by atoms with Crippen molar-refractivity contribution in [1.29, 1.82) is 0 Å². The first-order valence-electron chi connectivity index (χ1n) is 13.1. The van der Waals surface area contributed by atoms with Crippen molar-refractivity contribution in [2.45, 2.75) is 63.1 Å². The van der Waals surface area contributed by atoms with Crippen molar-refractivity contribution < 1.29 is 39.0 Å². The molecule has 3 amide bonds. The van der Waals surface area contributed by atoms with Crippen molar-refractivity contribution in [3.8, 4) is 0 Å². The van der Waals surface area contributed by atoms with E-state index >= 15 is 0 Å². The van der Waals surface area contributed by atoms with Crippen molar-refractivity contribution in [3.63, 3.8) is 0 Å². The lowest BCUT2D eigenvalue weighted by atomic mass is 9.87. The maximum absolute atomic E-state index is 12.6. The first-order valence-corrected chi connectivity index (χ1v) is 13.1. The van der Waals surface area contributed by atoms with Gasteiger partial charge in [0, 0.05) is 38.0 Å². The van der Waals surface area contributed by atoms with Crippen LogP contribution >= 0.6 is 0 Å². The summed E-state index contributed by atoms with van der Waals surface area (Å²) in [5.41, 5.74) is 1.50. The molecule has 1 fully saturated rings. The maximum atomic E-state index is 12.6. The molecule has 0 unspecified atom stereocenters. The quantitative estimate of drug-likeness (QED) is 0.233. The topological polar surface area (TPSA) is 179 Å². The largest absolute Gasteiger partial charge is 0.480 e. The third-order valence-corrected chi connectivity index (χ3v) is 6.74. The molecule has 0 saturated carbocycles. The minimum Gasteiger partial charge on any atom is -0.480 e. The average molecular weight is 552 g/mol. The van der Waals surface area contributed by atoms with Gasteiger partial charge < -0.3 is 26.2 Å². The zero-order chi connectivity index (χ0) is 29.1. The first kappa shape index (κ1) is 30.0. The van der Waals surface area contributed by atoms with E-state index in [9.17, 15) is 39.0 Å². The number of carbonyl (C=O) groups is 6. The summed E-state index contributed by atoms with van der Waals surface area (Å²) >= 11 is 0. The van der Waals surface area contributed by atoms with Crippen LogP contribution in [0.4, 0.5) is 0 Å². The number of benzene rings is 2. The fourth-order valence-corrected chi connectivity index (χ4v) is 4.53. The zero-order valence-corrected chi connectivity index (χ0v) is 21.9. The number of aliphatic carboxylic acids is 2. The van der Waals surface area contributed by atoms with Crippen LogP contribution in [0.1, 0.15) is 43.2 Å². The number of hydrogen-bond donors (Lipinski definition) is 5. The molecule has 5 N–H and O–H groups in total. The standard InChI is InChI=1S/C29H33N3O8/c33-24-17-20(11-13-25(34)30-22(28(37)38)15-18-7-3-1-4-8-18)27(36)32-21(24)12-14-26(35)31-23(29(39)40)16-19-9-5-2-6-10-19/h1-10,20-23H,11-17H2,(H,30,34)(H,31,35)(H,32,36)(H,37,38)(H,39,40)/t20-,21-,22-,23-/m0/s1. The van der Waals surface area contributed by atoms with Crippen molar-refractivity contribution in [1.82, 2.24) is 16.0 Å². The summed E-state index contributed by atoms with van der Waals surface area (Å²) in [6.45, 7) is 0. The molecule has 1 aliphatic heterocycles. The Labute approximate surface area is 231 Å². The molecule has 0 radical (unpaired) electrons. The summed E-state index contributed by atoms with van der Waals surface area (Å²) < 4.78 is 0. The highest BCUT2D eigenvalue weighted by molar-refractivity contribution is 5.97. The minimum atomic E-state index is -1.18. The van der Waals surface area contributed by atoms with Gasteiger partial charge in [-0.15, -0.1) is 0 Å². The predicted molar refractivity (Wildman–Crippen MR) is 143 cm³/mol. The SMILES string of the molecule is O=C(CC[C@H]1CC(=O)[C@H](CCC(=O)N[C@@H](Cc2ccccc2)C(=O)O)NC1=O)N[C@@H](Cc1ccccc1)C(=O)O. The number of piperidine rings is 1. The van der Waals surface area contributed by atoms with Gasteiger partial charge in [-0.05, 0) is 24.0 Å². The second-order valence-corrected chi connectivity index (χ2v) is 9.80. The van der Waals surface area contributed by atoms with Crippen LogP contribution in [-0.4, -0.2) is 63.8 Å². The number of amides is 3. The Morgan fingerprint density at radius 3 is 1.65 bits per heavy atom. The summed E-state index contributed by atoms with van der Waals surface area (Å²) in [4.78, 5) is 73.2. The highest BCUT2D eigenvalue weighted by Gasteiger charge is 2.35. The predicted octanol–water partition coefficient (Wildman–Crippen LogP) is 1.24. The zero-order valence-electron chi connectivity index (χ0n) is 21.9. The van der Waals surface area contributed by atoms with E-state index in [1.165, 1.54) is 0 Å². The molecule has 0 spiro atoms. The fourth-order valence-electron chi connectivity index (χ4n) is 4.53. The molecule has 2 aromatic carbocycles. The van der Waals surface area contributed by atoms with Gasteiger partial charge in [0.2, 0.25) is 17.7 Å². The Bertz CT molecular complexity index is 1120. The molecule has 0 aliphatic carbocycles. The molecular weight excluding hydrogens is 518 g/mol. The van der Waals surface area contributed by atoms with E-state index in [0.29, 0.717) is 0 Å². The Morgan fingerprint density at radius 2 is 1.20 bits per heavy atom. The molecule has 11 nitrogen and oxygen atoms in total. The van der Waals surface area contributed by atoms with Crippen LogP contribution in [-0.2, 0) is 41.6 Å². The molecule has 212 valence electrons. The van der Waals surface area contributed by atoms with Gasteiger partial charge in [0.15, 0.2) is 5.78 Å². The lowest BCUT2D eigenvalue weighted by Gasteiger charge is -2.28. The van der Waals surface area contributed by atoms with Crippen molar-refractivity contribution in [2.24, 2.45) is 5.92 Å². The summed E-state index contributed by atoms with van der Waals surface area (Å²) in [5.74, 6) is -4.90. The van der Waals surface area contributed by atoms with E-state index in [1.807, 2.05) is 0 Å². The number of hydrogen-bond acceptors (Lipinski definition) is 6. The number of carboxylic acid groups (broad SMARTS) is 2. The maximum Gasteiger partial charge on any atom is 0.326 e. The van der Waals surface area contributed by atoms with Crippen molar-refractivity contribution in [3.05, 3.63) is 71.8 Å². The first-order chi connectivity index (χ1) is 19.1. The Hall–Kier alpha value is -4.54. The summed E-state index contributed by atoms with van der Waals surface area (Å²) in [6.07, 6.45) is -0.0945. The van der Waals surface area contributed by atoms with E-state index in [4.69, 9.17) is 0 Å². The molecule has 11 heteroatoms. The van der Waals surface area contributed by atoms with Crippen LogP contribution in [0.25, 0.3) is 0 Å². The number of rotatable bonds is 14. The molecule has 40 heavy (non-hydrogen) atoms. The fraction of sp³-hybridized carbons (Fsp3) is 0.379. The lowest BCUT2D eigenvalue weighted by molar-refractivity contribution is -0.142. The monoisotopic (exact) mass is 551 g/mol. The third-order valence-electron chi connectivity index (χ3n) is 6.74. The number of carboxylic acids is 2. The van der Waals surface area contributed by atoms with Gasteiger partial charge in [-0.3, -0.25) is 19.2 Å². The van der Waals surface area contributed by atoms with Gasteiger partial charge in [0.25, 0.3) is 0 Å². The van der Waals surface area contributed by atoms with Gasteiger partial charge >= 0.3 is 11.9 Å². The van der Waals surface area contributed by atoms with Gasteiger partial charge in [0.1, 0.15) is 12.1 Å². The molecule has 1 saturated heterocycles. The lowest BCUT2D eigenvalue weighted by Crippen LogP contribution is -2.51. The molecule has 3 rings (SSSR count). The molecule has 4 atom stereocenters. The van der Waals surface area contributed by atoms with Crippen LogP contribution in [0.15, 0.2) is 60.7 Å². The minimum absolute atomic E-state index is 0.0149. The Balaban J connectivity index is 1.43. The second kappa shape index (κ2) is 14.6. The highest BCUT2D eigenvalue weighted by atomic mass is 16.4. The van der Waals surface area contributed by atoms with E-state index < -0.39 is 53.7 Å². The van der Waals surface area contributed by atoms with Gasteiger partial charge in [-0.1, -0.05) is 60.7 Å². The van der Waals surface area contributed by atoms with E-state index in [0.717, 1.165) is 11.1 Å². The number of carbonyl (C=O) groups excluding carboxylic acids is 4. The molecular formula is C29H33N3O8. The summed E-state index contributed by atoms with van der Waals surface area (Å²) in [7, 11) is 0. The number of Topliss-reactive ketones (excluding diaryl/α,β-unsaturated/α-hetero) is 1. The van der Waals surface area contributed by atoms with Crippen LogP contribution in [0, 0.1) is 5.92 Å². The smallest absolute Gasteiger partial charge is 0.326 e. The highest BCUT2D eigenvalue weighted by Crippen LogP contribution is 2.20. The van der Waals surface area contributed by atoms with Crippen LogP contribution < -0.4 is 16.0 Å². The molecule has 0 aromatic heterocycles.